The first-order valence-electron chi connectivity index (χ1n) is 10.1. The zero-order valence-corrected chi connectivity index (χ0v) is 19.4. The summed E-state index contributed by atoms with van der Waals surface area (Å²) in [4.78, 5) is 13.0. The van der Waals surface area contributed by atoms with Crippen LogP contribution >= 0.6 is 11.6 Å². The Morgan fingerprint density at radius 3 is 2.56 bits per heavy atom. The van der Waals surface area contributed by atoms with E-state index in [9.17, 15) is 13.2 Å². The van der Waals surface area contributed by atoms with Gasteiger partial charge in [0.05, 0.1) is 10.6 Å². The Hall–Kier alpha value is -3.09. The first-order chi connectivity index (χ1) is 15.2. The van der Waals surface area contributed by atoms with E-state index < -0.39 is 9.84 Å². The smallest absolute Gasteiger partial charge is 0.244 e. The maximum absolute atomic E-state index is 13.3. The highest BCUT2D eigenvalue weighted by atomic mass is 35.5. The van der Waals surface area contributed by atoms with E-state index in [4.69, 9.17) is 11.6 Å². The van der Waals surface area contributed by atoms with Crippen LogP contribution in [0.3, 0.4) is 0 Å². The molecular weight excluding hydrogens is 444 g/mol. The highest BCUT2D eigenvalue weighted by molar-refractivity contribution is 7.90. The minimum atomic E-state index is -3.61. The van der Waals surface area contributed by atoms with Crippen LogP contribution in [0.5, 0.6) is 0 Å². The lowest BCUT2D eigenvalue weighted by Gasteiger charge is -2.10. The minimum Gasteiger partial charge on any atom is -0.337 e. The maximum atomic E-state index is 13.3. The fourth-order valence-corrected chi connectivity index (χ4v) is 5.51. The van der Waals surface area contributed by atoms with Gasteiger partial charge in [0.25, 0.3) is 0 Å². The van der Waals surface area contributed by atoms with Crippen molar-refractivity contribution in [3.05, 3.63) is 94.6 Å². The molecule has 1 amide bonds. The second kappa shape index (κ2) is 8.81. The quantitative estimate of drug-likeness (QED) is 0.406. The van der Waals surface area contributed by atoms with Crippen molar-refractivity contribution in [2.75, 3.05) is 5.32 Å². The lowest BCUT2D eigenvalue weighted by atomic mass is 10.2. The van der Waals surface area contributed by atoms with Gasteiger partial charge < -0.3 is 9.88 Å². The third-order valence-corrected chi connectivity index (χ3v) is 7.26. The zero-order chi connectivity index (χ0) is 22.9. The van der Waals surface area contributed by atoms with E-state index in [0.717, 1.165) is 16.7 Å². The summed E-state index contributed by atoms with van der Waals surface area (Å²) in [5.74, 6) is -0.366. The number of hydrogen-bond donors (Lipinski definition) is 1. The van der Waals surface area contributed by atoms with Crippen LogP contribution in [0.25, 0.3) is 10.9 Å². The molecule has 0 aliphatic carbocycles. The number of aromatic nitrogens is 1. The average Bonchev–Trinajstić information content (AvgIpc) is 3.10. The third-order valence-electron chi connectivity index (χ3n) is 5.31. The molecular formula is C25H23ClN2O3S. The van der Waals surface area contributed by atoms with Crippen LogP contribution in [0, 0.1) is 13.8 Å². The molecule has 1 aromatic heterocycles. The van der Waals surface area contributed by atoms with Gasteiger partial charge in [0.2, 0.25) is 5.91 Å². The molecule has 0 saturated heterocycles. The summed E-state index contributed by atoms with van der Waals surface area (Å²) in [6, 6.07) is 20.0. The molecule has 4 aromatic rings. The summed E-state index contributed by atoms with van der Waals surface area (Å²) >= 11 is 6.05. The Balaban J connectivity index is 1.65. The number of rotatable bonds is 6. The molecule has 5 nitrogen and oxygen atoms in total. The van der Waals surface area contributed by atoms with Gasteiger partial charge in [-0.15, -0.1) is 0 Å². The molecule has 0 unspecified atom stereocenters. The summed E-state index contributed by atoms with van der Waals surface area (Å²) in [6.45, 7) is 3.79. The maximum Gasteiger partial charge on any atom is 0.244 e. The van der Waals surface area contributed by atoms with Gasteiger partial charge in [-0.1, -0.05) is 65.7 Å². The van der Waals surface area contributed by atoms with Crippen molar-refractivity contribution in [2.24, 2.45) is 0 Å². The van der Waals surface area contributed by atoms with E-state index in [1.54, 1.807) is 35.0 Å². The normalized spacial score (nSPS) is 11.6. The molecule has 0 radical (unpaired) electrons. The number of fused-ring (bicyclic) bond motifs is 1. The van der Waals surface area contributed by atoms with E-state index in [2.05, 4.69) is 5.32 Å². The van der Waals surface area contributed by atoms with Gasteiger partial charge >= 0.3 is 0 Å². The molecule has 1 N–H and O–H groups in total. The zero-order valence-electron chi connectivity index (χ0n) is 17.8. The number of anilines is 1. The summed E-state index contributed by atoms with van der Waals surface area (Å²) in [5, 5.41) is 4.00. The van der Waals surface area contributed by atoms with Gasteiger partial charge in [-0.2, -0.15) is 0 Å². The fraction of sp³-hybridized carbons (Fsp3) is 0.160. The van der Waals surface area contributed by atoms with Crippen LogP contribution in [-0.4, -0.2) is 18.9 Å². The fourth-order valence-electron chi connectivity index (χ4n) is 3.76. The molecule has 164 valence electrons. The molecule has 3 aromatic carbocycles. The highest BCUT2D eigenvalue weighted by Crippen LogP contribution is 2.28. The van der Waals surface area contributed by atoms with E-state index in [0.29, 0.717) is 21.6 Å². The van der Waals surface area contributed by atoms with Crippen LogP contribution in [0.4, 0.5) is 5.69 Å². The van der Waals surface area contributed by atoms with Crippen LogP contribution in [0.2, 0.25) is 5.02 Å². The molecule has 0 bridgehead atoms. The van der Waals surface area contributed by atoms with Gasteiger partial charge in [-0.25, -0.2) is 8.42 Å². The Kier molecular flexibility index (Phi) is 6.09. The molecule has 1 heterocycles. The van der Waals surface area contributed by atoms with Gasteiger partial charge in [-0.3, -0.25) is 4.79 Å². The number of amides is 1. The number of nitrogens with zero attached hydrogens (tertiary/aromatic N) is 1. The molecule has 0 spiro atoms. The predicted octanol–water partition coefficient (Wildman–Crippen LogP) is 5.52. The van der Waals surface area contributed by atoms with E-state index in [1.807, 2.05) is 56.3 Å². The highest BCUT2D eigenvalue weighted by Gasteiger charge is 2.22. The van der Waals surface area contributed by atoms with Crippen molar-refractivity contribution in [3.63, 3.8) is 0 Å². The summed E-state index contributed by atoms with van der Waals surface area (Å²) in [7, 11) is -3.61. The topological polar surface area (TPSA) is 68.2 Å². The summed E-state index contributed by atoms with van der Waals surface area (Å²) in [6.07, 6.45) is 1.56. The minimum absolute atomic E-state index is 0.0214. The standard InChI is InChI=1S/C25H23ClN2O3S/c1-17-6-5-7-19(12-17)16-32(30,31)24-14-28(23-9-4-3-8-21(23)24)15-25(29)27-22-13-20(26)11-10-18(22)2/h3-14H,15-16H2,1-2H3,(H,27,29). The first kappa shape index (κ1) is 22.1. The van der Waals surface area contributed by atoms with Crippen molar-refractivity contribution < 1.29 is 13.2 Å². The molecule has 7 heteroatoms. The average molecular weight is 467 g/mol. The van der Waals surface area contributed by atoms with Crippen LogP contribution in [0.1, 0.15) is 16.7 Å². The van der Waals surface area contributed by atoms with Gasteiger partial charge in [0, 0.05) is 27.8 Å². The largest absolute Gasteiger partial charge is 0.337 e. The first-order valence-corrected chi connectivity index (χ1v) is 12.2. The van der Waals surface area contributed by atoms with Gasteiger partial charge in [-0.05, 0) is 43.2 Å². The second-order valence-corrected chi connectivity index (χ2v) is 10.3. The third kappa shape index (κ3) is 4.71. The Bertz CT molecular complexity index is 1420. The van der Waals surface area contributed by atoms with E-state index in [1.165, 1.54) is 0 Å². The van der Waals surface area contributed by atoms with Gasteiger partial charge in [0.15, 0.2) is 9.84 Å². The number of nitrogens with one attached hydrogen (secondary N) is 1. The van der Waals surface area contributed by atoms with Crippen molar-refractivity contribution in [2.45, 2.75) is 31.0 Å². The van der Waals surface area contributed by atoms with Crippen LogP contribution in [-0.2, 0) is 26.9 Å². The lowest BCUT2D eigenvalue weighted by Crippen LogP contribution is -2.18. The van der Waals surface area contributed by atoms with Crippen molar-refractivity contribution >= 4 is 43.9 Å². The van der Waals surface area contributed by atoms with E-state index >= 15 is 0 Å². The number of carbonyl (C=O) groups excluding carboxylic acids is 1. The Labute approximate surface area is 192 Å². The molecule has 0 aliphatic rings. The predicted molar refractivity (Wildman–Crippen MR) is 129 cm³/mol. The number of carbonyl (C=O) groups is 1. The SMILES string of the molecule is Cc1cccc(CS(=O)(=O)c2cn(CC(=O)Nc3cc(Cl)ccc3C)c3ccccc23)c1. The van der Waals surface area contributed by atoms with E-state index in [-0.39, 0.29) is 23.1 Å². The molecule has 0 fully saturated rings. The lowest BCUT2D eigenvalue weighted by molar-refractivity contribution is -0.116. The number of aryl methyl sites for hydroxylation is 2. The van der Waals surface area contributed by atoms with Crippen LogP contribution < -0.4 is 5.32 Å². The number of para-hydroxylation sites is 1. The molecule has 32 heavy (non-hydrogen) atoms. The summed E-state index contributed by atoms with van der Waals surface area (Å²) < 4.78 is 28.2. The molecule has 0 saturated carbocycles. The molecule has 0 aliphatic heterocycles. The molecule has 0 atom stereocenters. The number of sulfone groups is 1. The number of halogens is 1. The van der Waals surface area contributed by atoms with Crippen molar-refractivity contribution in [1.29, 1.82) is 0 Å². The number of hydrogen-bond acceptors (Lipinski definition) is 3. The van der Waals surface area contributed by atoms with Crippen molar-refractivity contribution in [1.82, 2.24) is 4.57 Å². The monoisotopic (exact) mass is 466 g/mol. The number of benzene rings is 3. The second-order valence-electron chi connectivity index (χ2n) is 7.89. The Morgan fingerprint density at radius 2 is 1.78 bits per heavy atom. The van der Waals surface area contributed by atoms with Crippen molar-refractivity contribution in [3.8, 4) is 0 Å². The van der Waals surface area contributed by atoms with Crippen LogP contribution in [0.15, 0.2) is 77.8 Å². The Morgan fingerprint density at radius 1 is 1.00 bits per heavy atom. The summed E-state index contributed by atoms with van der Waals surface area (Å²) in [5.41, 5.74) is 3.95. The van der Waals surface area contributed by atoms with Gasteiger partial charge in [0.1, 0.15) is 6.54 Å². The molecule has 4 rings (SSSR count).